The van der Waals surface area contributed by atoms with Gasteiger partial charge in [-0.05, 0) is 24.6 Å². The van der Waals surface area contributed by atoms with E-state index >= 15 is 0 Å². The van der Waals surface area contributed by atoms with Crippen molar-refractivity contribution in [2.24, 2.45) is 0 Å². The summed E-state index contributed by atoms with van der Waals surface area (Å²) in [6, 6.07) is 7.39. The summed E-state index contributed by atoms with van der Waals surface area (Å²) < 4.78 is 22.9. The van der Waals surface area contributed by atoms with E-state index in [1.807, 2.05) is 31.2 Å². The third-order valence-electron chi connectivity index (χ3n) is 4.79. The molecule has 2 aromatic carbocycles. The first-order valence-corrected chi connectivity index (χ1v) is 8.65. The molecule has 136 valence electrons. The Morgan fingerprint density at radius 2 is 1.88 bits per heavy atom. The SMILES string of the molecule is CCOc1ccc2c3c1Oc1cc(OC)c(OC)cc1CC3NC(=O)C2. The Hall–Kier alpha value is -2.89. The Labute approximate surface area is 152 Å². The fourth-order valence-corrected chi connectivity index (χ4v) is 3.66. The second-order valence-electron chi connectivity index (χ2n) is 6.32. The van der Waals surface area contributed by atoms with Gasteiger partial charge in [0, 0.05) is 23.6 Å². The maximum atomic E-state index is 12.2. The normalized spacial score (nSPS) is 17.2. The van der Waals surface area contributed by atoms with Gasteiger partial charge in [0.2, 0.25) is 5.91 Å². The highest BCUT2D eigenvalue weighted by Gasteiger charge is 2.34. The standard InChI is InChI=1S/C20H21NO5/c1-4-25-14-6-5-11-9-18(22)21-13-7-12-8-16(23-2)17(24-3)10-15(12)26-20(14)19(11)13/h5-6,8,10,13H,4,7,9H2,1-3H3,(H,21,22). The van der Waals surface area contributed by atoms with Gasteiger partial charge in [0.15, 0.2) is 23.0 Å². The van der Waals surface area contributed by atoms with Crippen molar-refractivity contribution in [1.82, 2.24) is 5.32 Å². The van der Waals surface area contributed by atoms with Gasteiger partial charge >= 0.3 is 0 Å². The number of ether oxygens (including phenoxy) is 4. The Bertz CT molecular complexity index is 877. The van der Waals surface area contributed by atoms with Crippen molar-refractivity contribution in [2.75, 3.05) is 20.8 Å². The fourth-order valence-electron chi connectivity index (χ4n) is 3.66. The molecule has 0 fully saturated rings. The number of methoxy groups -OCH3 is 2. The van der Waals surface area contributed by atoms with Crippen LogP contribution in [0.1, 0.15) is 29.7 Å². The summed E-state index contributed by atoms with van der Waals surface area (Å²) in [5, 5.41) is 3.08. The van der Waals surface area contributed by atoms with E-state index in [4.69, 9.17) is 18.9 Å². The molecule has 0 spiro atoms. The molecule has 2 aliphatic heterocycles. The van der Waals surface area contributed by atoms with Crippen LogP contribution in [0.4, 0.5) is 0 Å². The molecule has 1 atom stereocenters. The molecule has 0 aliphatic carbocycles. The smallest absolute Gasteiger partial charge is 0.224 e. The number of fused-ring (bicyclic) bond motifs is 1. The highest BCUT2D eigenvalue weighted by atomic mass is 16.5. The Morgan fingerprint density at radius 3 is 2.62 bits per heavy atom. The van der Waals surface area contributed by atoms with Crippen LogP contribution < -0.4 is 24.3 Å². The van der Waals surface area contributed by atoms with Gasteiger partial charge in [0.25, 0.3) is 0 Å². The van der Waals surface area contributed by atoms with Crippen molar-refractivity contribution in [3.63, 3.8) is 0 Å². The van der Waals surface area contributed by atoms with E-state index < -0.39 is 0 Å². The highest BCUT2D eigenvalue weighted by molar-refractivity contribution is 5.83. The number of hydrogen-bond donors (Lipinski definition) is 1. The van der Waals surface area contributed by atoms with Crippen molar-refractivity contribution in [3.05, 3.63) is 41.0 Å². The van der Waals surface area contributed by atoms with E-state index in [0.717, 1.165) is 16.7 Å². The van der Waals surface area contributed by atoms with Crippen LogP contribution in [0.15, 0.2) is 24.3 Å². The van der Waals surface area contributed by atoms with E-state index in [1.54, 1.807) is 14.2 Å². The van der Waals surface area contributed by atoms with E-state index in [9.17, 15) is 4.79 Å². The van der Waals surface area contributed by atoms with Crippen LogP contribution in [0.5, 0.6) is 28.7 Å². The highest BCUT2D eigenvalue weighted by Crippen LogP contribution is 2.48. The summed E-state index contributed by atoms with van der Waals surface area (Å²) in [4.78, 5) is 12.2. The Morgan fingerprint density at radius 1 is 1.12 bits per heavy atom. The minimum absolute atomic E-state index is 0.0153. The van der Waals surface area contributed by atoms with Crippen molar-refractivity contribution < 1.29 is 23.7 Å². The first-order chi connectivity index (χ1) is 12.6. The molecule has 1 N–H and O–H groups in total. The molecule has 0 saturated heterocycles. The van der Waals surface area contributed by atoms with Crippen LogP contribution in [0, 0.1) is 0 Å². The summed E-state index contributed by atoms with van der Waals surface area (Å²) >= 11 is 0. The summed E-state index contributed by atoms with van der Waals surface area (Å²) in [5.41, 5.74) is 2.91. The molecular weight excluding hydrogens is 334 g/mol. The van der Waals surface area contributed by atoms with Gasteiger partial charge in [0.1, 0.15) is 5.75 Å². The molecule has 0 radical (unpaired) electrons. The molecule has 1 amide bonds. The monoisotopic (exact) mass is 355 g/mol. The molecule has 0 bridgehead atoms. The number of carbonyl (C=O) groups excluding carboxylic acids is 1. The average Bonchev–Trinajstić information content (AvgIpc) is 2.79. The summed E-state index contributed by atoms with van der Waals surface area (Å²) in [6.45, 7) is 2.47. The lowest BCUT2D eigenvalue weighted by molar-refractivity contribution is -0.121. The van der Waals surface area contributed by atoms with Crippen LogP contribution in [-0.4, -0.2) is 26.7 Å². The van der Waals surface area contributed by atoms with Gasteiger partial charge in [-0.15, -0.1) is 0 Å². The Kier molecular flexibility index (Phi) is 4.11. The Balaban J connectivity index is 1.91. The largest absolute Gasteiger partial charge is 0.493 e. The quantitative estimate of drug-likeness (QED) is 0.913. The minimum Gasteiger partial charge on any atom is -0.493 e. The minimum atomic E-state index is -0.166. The zero-order chi connectivity index (χ0) is 18.3. The number of nitrogens with one attached hydrogen (secondary N) is 1. The first-order valence-electron chi connectivity index (χ1n) is 8.65. The zero-order valence-electron chi connectivity index (χ0n) is 15.0. The predicted octanol–water partition coefficient (Wildman–Crippen LogP) is 3.16. The van der Waals surface area contributed by atoms with Crippen LogP contribution in [-0.2, 0) is 17.6 Å². The molecule has 4 rings (SSSR count). The van der Waals surface area contributed by atoms with Crippen molar-refractivity contribution in [3.8, 4) is 28.7 Å². The van der Waals surface area contributed by atoms with Gasteiger partial charge in [-0.3, -0.25) is 4.79 Å². The number of benzene rings is 2. The molecular formula is C20H21NO5. The molecule has 26 heavy (non-hydrogen) atoms. The van der Waals surface area contributed by atoms with Gasteiger partial charge in [-0.25, -0.2) is 0 Å². The van der Waals surface area contributed by atoms with E-state index in [1.165, 1.54) is 0 Å². The maximum Gasteiger partial charge on any atom is 0.224 e. The van der Waals surface area contributed by atoms with Crippen molar-refractivity contribution in [1.29, 1.82) is 0 Å². The van der Waals surface area contributed by atoms with Gasteiger partial charge in [-0.1, -0.05) is 6.07 Å². The molecule has 2 aromatic rings. The van der Waals surface area contributed by atoms with Crippen molar-refractivity contribution in [2.45, 2.75) is 25.8 Å². The topological polar surface area (TPSA) is 66.0 Å². The lowest BCUT2D eigenvalue weighted by Gasteiger charge is -2.27. The van der Waals surface area contributed by atoms with Crippen LogP contribution in [0.25, 0.3) is 0 Å². The van der Waals surface area contributed by atoms with Crippen LogP contribution >= 0.6 is 0 Å². The number of rotatable bonds is 4. The molecule has 6 heteroatoms. The molecule has 2 heterocycles. The number of hydrogen-bond acceptors (Lipinski definition) is 5. The third-order valence-corrected chi connectivity index (χ3v) is 4.79. The molecule has 2 aliphatic rings. The second-order valence-corrected chi connectivity index (χ2v) is 6.32. The summed E-state index contributed by atoms with van der Waals surface area (Å²) in [7, 11) is 3.19. The van der Waals surface area contributed by atoms with Gasteiger partial charge in [-0.2, -0.15) is 0 Å². The van der Waals surface area contributed by atoms with E-state index in [0.29, 0.717) is 48.2 Å². The van der Waals surface area contributed by atoms with E-state index in [-0.39, 0.29) is 11.9 Å². The first kappa shape index (κ1) is 16.6. The van der Waals surface area contributed by atoms with Crippen molar-refractivity contribution >= 4 is 5.91 Å². The number of amides is 1. The molecule has 1 unspecified atom stereocenters. The van der Waals surface area contributed by atoms with E-state index in [2.05, 4.69) is 5.32 Å². The maximum absolute atomic E-state index is 12.2. The third kappa shape index (κ3) is 2.62. The number of carbonyl (C=O) groups is 1. The molecule has 0 aromatic heterocycles. The summed E-state index contributed by atoms with van der Waals surface area (Å²) in [5.74, 6) is 3.27. The second kappa shape index (κ2) is 6.44. The van der Waals surface area contributed by atoms with Crippen LogP contribution in [0.3, 0.4) is 0 Å². The average molecular weight is 355 g/mol. The fraction of sp³-hybridized carbons (Fsp3) is 0.350. The summed E-state index contributed by atoms with van der Waals surface area (Å²) in [6.07, 6.45) is 0.953. The lowest BCUT2D eigenvalue weighted by atomic mass is 9.89. The molecule has 0 saturated carbocycles. The predicted molar refractivity (Wildman–Crippen MR) is 95.5 cm³/mol. The zero-order valence-corrected chi connectivity index (χ0v) is 15.0. The lowest BCUT2D eigenvalue weighted by Crippen LogP contribution is -2.36. The van der Waals surface area contributed by atoms with Gasteiger partial charge in [0.05, 0.1) is 33.3 Å². The molecule has 6 nitrogen and oxygen atoms in total. The van der Waals surface area contributed by atoms with Gasteiger partial charge < -0.3 is 24.3 Å². The van der Waals surface area contributed by atoms with Crippen LogP contribution in [0.2, 0.25) is 0 Å².